The smallest absolute Gasteiger partial charge is 0.139 e. The number of benzene rings is 2. The van der Waals surface area contributed by atoms with Gasteiger partial charge in [-0.3, -0.25) is 9.88 Å². The van der Waals surface area contributed by atoms with E-state index in [0.717, 1.165) is 49.3 Å². The maximum atomic E-state index is 9.72. The molecule has 4 aromatic rings. The molecule has 6 nitrogen and oxygen atoms in total. The Labute approximate surface area is 217 Å². The highest BCUT2D eigenvalue weighted by Crippen LogP contribution is 2.39. The maximum Gasteiger partial charge on any atom is 0.139 e. The molecule has 0 bridgehead atoms. The van der Waals surface area contributed by atoms with Crippen LogP contribution in [0.15, 0.2) is 48.7 Å². The molecule has 0 saturated carbocycles. The van der Waals surface area contributed by atoms with Crippen LogP contribution in [0.4, 0.5) is 11.4 Å². The third kappa shape index (κ3) is 5.08. The van der Waals surface area contributed by atoms with Crippen LogP contribution in [0.1, 0.15) is 10.4 Å². The molecule has 0 unspecified atom stereocenters. The minimum atomic E-state index is 0.414. The lowest BCUT2D eigenvalue weighted by Crippen LogP contribution is -2.35. The van der Waals surface area contributed by atoms with Crippen molar-refractivity contribution in [2.45, 2.75) is 6.54 Å². The summed E-state index contributed by atoms with van der Waals surface area (Å²) in [6.45, 7) is 4.46. The molecule has 0 amide bonds. The van der Waals surface area contributed by atoms with Crippen molar-refractivity contribution in [3.8, 4) is 22.3 Å². The van der Waals surface area contributed by atoms with Crippen molar-refractivity contribution in [1.29, 1.82) is 5.26 Å². The van der Waals surface area contributed by atoms with Gasteiger partial charge in [-0.1, -0.05) is 35.3 Å². The monoisotopic (exact) mass is 524 g/mol. The quantitative estimate of drug-likeness (QED) is 0.301. The van der Waals surface area contributed by atoms with Crippen LogP contribution in [0.2, 0.25) is 10.0 Å². The van der Waals surface area contributed by atoms with Gasteiger partial charge in [-0.15, -0.1) is 11.3 Å². The number of nitriles is 1. The number of methoxy groups -OCH3 is 1. The SMILES string of the molecule is COc1cc(Nc2c(C#N)cnc3cc(-c4ccc(CN5CCOCC5)s4)ccc23)c(Cl)cc1Cl. The molecule has 0 atom stereocenters. The van der Waals surface area contributed by atoms with Gasteiger partial charge in [0.25, 0.3) is 0 Å². The molecular formula is C26H22Cl2N4O2S. The van der Waals surface area contributed by atoms with Gasteiger partial charge in [0.1, 0.15) is 11.8 Å². The number of pyridine rings is 1. The summed E-state index contributed by atoms with van der Waals surface area (Å²) in [7, 11) is 1.54. The number of fused-ring (bicyclic) bond motifs is 1. The second-order valence-electron chi connectivity index (χ2n) is 8.14. The van der Waals surface area contributed by atoms with Crippen molar-refractivity contribution < 1.29 is 9.47 Å². The summed E-state index contributed by atoms with van der Waals surface area (Å²) in [5.41, 5.74) is 3.51. The lowest BCUT2D eigenvalue weighted by Gasteiger charge is -2.25. The van der Waals surface area contributed by atoms with Crippen LogP contribution in [-0.4, -0.2) is 43.3 Å². The summed E-state index contributed by atoms with van der Waals surface area (Å²) in [6, 6.07) is 16.0. The third-order valence-electron chi connectivity index (χ3n) is 5.92. The van der Waals surface area contributed by atoms with Gasteiger partial charge in [0.2, 0.25) is 0 Å². The van der Waals surface area contributed by atoms with E-state index in [0.29, 0.717) is 32.7 Å². The van der Waals surface area contributed by atoms with Crippen LogP contribution in [0.5, 0.6) is 5.75 Å². The first kappa shape index (κ1) is 23.9. The van der Waals surface area contributed by atoms with Crippen LogP contribution < -0.4 is 10.1 Å². The molecule has 0 aliphatic carbocycles. The van der Waals surface area contributed by atoms with Gasteiger partial charge in [-0.25, -0.2) is 0 Å². The lowest BCUT2D eigenvalue weighted by atomic mass is 10.1. The Hall–Kier alpha value is -2.86. The summed E-state index contributed by atoms with van der Waals surface area (Å²) in [6.07, 6.45) is 1.58. The largest absolute Gasteiger partial charge is 0.495 e. The lowest BCUT2D eigenvalue weighted by molar-refractivity contribution is 0.0346. The molecule has 1 aliphatic rings. The van der Waals surface area contributed by atoms with E-state index >= 15 is 0 Å². The topological polar surface area (TPSA) is 70.4 Å². The first-order valence-corrected chi connectivity index (χ1v) is 12.6. The Morgan fingerprint density at radius 2 is 1.97 bits per heavy atom. The number of aromatic nitrogens is 1. The average molecular weight is 525 g/mol. The first-order chi connectivity index (χ1) is 17.1. The van der Waals surface area contributed by atoms with E-state index in [1.165, 1.54) is 9.75 Å². The van der Waals surface area contributed by atoms with Gasteiger partial charge in [0.05, 0.1) is 52.8 Å². The normalized spacial score (nSPS) is 14.1. The van der Waals surface area contributed by atoms with Crippen molar-refractivity contribution in [3.05, 3.63) is 69.1 Å². The van der Waals surface area contributed by atoms with E-state index in [2.05, 4.69) is 45.5 Å². The van der Waals surface area contributed by atoms with Crippen LogP contribution in [0, 0.1) is 11.3 Å². The number of morpholine rings is 1. The number of thiophene rings is 1. The Kier molecular flexibility index (Phi) is 7.09. The summed E-state index contributed by atoms with van der Waals surface area (Å²) in [5.74, 6) is 0.489. The Bertz CT molecular complexity index is 1430. The third-order valence-corrected chi connectivity index (χ3v) is 7.65. The number of halogens is 2. The zero-order valence-corrected chi connectivity index (χ0v) is 21.3. The molecule has 35 heavy (non-hydrogen) atoms. The van der Waals surface area contributed by atoms with E-state index in [9.17, 15) is 5.26 Å². The van der Waals surface area contributed by atoms with E-state index in [1.54, 1.807) is 36.8 Å². The molecular weight excluding hydrogens is 503 g/mol. The van der Waals surface area contributed by atoms with Gasteiger partial charge in [0.15, 0.2) is 0 Å². The molecule has 2 aromatic heterocycles. The molecule has 0 spiro atoms. The number of ether oxygens (including phenoxy) is 2. The second-order valence-corrected chi connectivity index (χ2v) is 10.1. The first-order valence-electron chi connectivity index (χ1n) is 11.1. The predicted octanol–water partition coefficient (Wildman–Crippen LogP) is 6.73. The van der Waals surface area contributed by atoms with Gasteiger partial charge in [-0.2, -0.15) is 5.26 Å². The summed E-state index contributed by atoms with van der Waals surface area (Å²) < 4.78 is 10.8. The standard InChI is InChI=1S/C26H22Cl2N4O2S/c1-33-24-12-23(20(27)11-21(24)28)31-26-17(13-29)14-30-22-10-16(2-4-19(22)26)25-5-3-18(35-25)15-32-6-8-34-9-7-32/h2-5,10-12,14H,6-9,15H2,1H3,(H,30,31). The Morgan fingerprint density at radius 3 is 2.74 bits per heavy atom. The zero-order chi connectivity index (χ0) is 24.4. The highest BCUT2D eigenvalue weighted by atomic mass is 35.5. The van der Waals surface area contributed by atoms with Crippen LogP contribution in [0.3, 0.4) is 0 Å². The minimum absolute atomic E-state index is 0.414. The highest BCUT2D eigenvalue weighted by Gasteiger charge is 2.16. The number of anilines is 2. The van der Waals surface area contributed by atoms with Crippen LogP contribution in [0.25, 0.3) is 21.3 Å². The fourth-order valence-corrected chi connectivity index (χ4v) is 5.63. The second kappa shape index (κ2) is 10.4. The molecule has 2 aromatic carbocycles. The molecule has 1 aliphatic heterocycles. The number of hydrogen-bond acceptors (Lipinski definition) is 7. The van der Waals surface area contributed by atoms with Gasteiger partial charge in [-0.05, 0) is 29.8 Å². The molecule has 1 saturated heterocycles. The minimum Gasteiger partial charge on any atom is -0.495 e. The molecule has 1 fully saturated rings. The average Bonchev–Trinajstić information content (AvgIpc) is 3.34. The van der Waals surface area contributed by atoms with Gasteiger partial charge < -0.3 is 14.8 Å². The number of nitrogens with one attached hydrogen (secondary N) is 1. The van der Waals surface area contributed by atoms with Crippen molar-refractivity contribution in [2.75, 3.05) is 38.7 Å². The molecule has 178 valence electrons. The summed E-state index contributed by atoms with van der Waals surface area (Å²) >= 11 is 14.4. The Balaban J connectivity index is 1.47. The zero-order valence-electron chi connectivity index (χ0n) is 19.0. The van der Waals surface area contributed by atoms with Crippen molar-refractivity contribution >= 4 is 56.8 Å². The molecule has 9 heteroatoms. The van der Waals surface area contributed by atoms with Gasteiger partial charge in [0, 0.05) is 47.0 Å². The van der Waals surface area contributed by atoms with Gasteiger partial charge >= 0.3 is 0 Å². The summed E-state index contributed by atoms with van der Waals surface area (Å²) in [5, 5.41) is 14.7. The van der Waals surface area contributed by atoms with E-state index in [-0.39, 0.29) is 0 Å². The highest BCUT2D eigenvalue weighted by molar-refractivity contribution is 7.15. The van der Waals surface area contributed by atoms with E-state index in [1.807, 2.05) is 6.07 Å². The number of nitrogens with zero attached hydrogens (tertiary/aromatic N) is 3. The van der Waals surface area contributed by atoms with Crippen molar-refractivity contribution in [1.82, 2.24) is 9.88 Å². The van der Waals surface area contributed by atoms with E-state index in [4.69, 9.17) is 32.7 Å². The Morgan fingerprint density at radius 1 is 1.14 bits per heavy atom. The molecule has 3 heterocycles. The summed E-state index contributed by atoms with van der Waals surface area (Å²) in [4.78, 5) is 9.47. The van der Waals surface area contributed by atoms with Crippen LogP contribution >= 0.6 is 34.5 Å². The maximum absolute atomic E-state index is 9.72. The fourth-order valence-electron chi connectivity index (χ4n) is 4.08. The molecule has 0 radical (unpaired) electrons. The number of rotatable bonds is 6. The fraction of sp³-hybridized carbons (Fsp3) is 0.231. The van der Waals surface area contributed by atoms with Crippen molar-refractivity contribution in [2.24, 2.45) is 0 Å². The molecule has 1 N–H and O–H groups in total. The predicted molar refractivity (Wildman–Crippen MR) is 142 cm³/mol. The van der Waals surface area contributed by atoms with Crippen LogP contribution in [-0.2, 0) is 11.3 Å². The van der Waals surface area contributed by atoms with Crippen molar-refractivity contribution in [3.63, 3.8) is 0 Å². The molecule has 5 rings (SSSR count). The number of hydrogen-bond donors (Lipinski definition) is 1. The van der Waals surface area contributed by atoms with E-state index < -0.39 is 0 Å².